The summed E-state index contributed by atoms with van der Waals surface area (Å²) in [6, 6.07) is 12.2. The zero-order valence-electron chi connectivity index (χ0n) is 57.8. The fourth-order valence-corrected chi connectivity index (χ4v) is 17.2. The monoisotopic (exact) mass is 1460 g/mol. The van der Waals surface area contributed by atoms with Gasteiger partial charge in [-0.25, -0.2) is 17.6 Å². The molecule has 0 aromatic carbocycles. The van der Waals surface area contributed by atoms with Gasteiger partial charge in [0.05, 0.1) is 143 Å². The van der Waals surface area contributed by atoms with Crippen molar-refractivity contribution < 1.29 is 56.6 Å². The molecule has 0 saturated carbocycles. The van der Waals surface area contributed by atoms with Crippen LogP contribution < -0.4 is 56.3 Å². The van der Waals surface area contributed by atoms with Crippen LogP contribution in [0.2, 0.25) is 0 Å². The highest BCUT2D eigenvalue weighted by Gasteiger charge is 2.47. The average Bonchev–Trinajstić information content (AvgIpc) is 1.58. The summed E-state index contributed by atoms with van der Waals surface area (Å²) < 4.78 is 89.4. The Balaban J connectivity index is 0.000000121. The van der Waals surface area contributed by atoms with Crippen LogP contribution in [-0.2, 0) is 62.5 Å². The maximum Gasteiger partial charge on any atom is 0.287 e. The minimum Gasteiger partial charge on any atom is -0.495 e. The van der Waals surface area contributed by atoms with Gasteiger partial charge in [0.25, 0.3) is 22.6 Å². The second-order valence-electron chi connectivity index (χ2n) is 28.5. The maximum atomic E-state index is 14.8. The van der Waals surface area contributed by atoms with Crippen molar-refractivity contribution in [1.29, 1.82) is 0 Å². The first-order valence-corrected chi connectivity index (χ1v) is 36.7. The Hall–Kier alpha value is -8.83. The Bertz CT molecular complexity index is 4810. The number of halogens is 4. The molecule has 9 aromatic heterocycles. The number of likely N-dealkylation sites (tertiary alicyclic amines) is 3. The summed E-state index contributed by atoms with van der Waals surface area (Å²) in [6.45, 7) is 9.44. The molecule has 0 spiro atoms. The van der Waals surface area contributed by atoms with Crippen molar-refractivity contribution in [1.82, 2.24) is 79.5 Å². The zero-order chi connectivity index (χ0) is 72.3. The van der Waals surface area contributed by atoms with Crippen molar-refractivity contribution in [2.24, 2.45) is 0 Å². The Morgan fingerprint density at radius 2 is 1.01 bits per heavy atom. The van der Waals surface area contributed by atoms with E-state index in [0.717, 1.165) is 144 Å². The molecule has 3 atom stereocenters. The molecule has 9 aliphatic rings. The predicted molar refractivity (Wildman–Crippen MR) is 377 cm³/mol. The van der Waals surface area contributed by atoms with Crippen LogP contribution in [0.15, 0.2) is 92.7 Å². The number of piperidine rings is 3. The van der Waals surface area contributed by atoms with E-state index in [1.165, 1.54) is 11.6 Å². The lowest BCUT2D eigenvalue weighted by Gasteiger charge is -2.37. The highest BCUT2D eigenvalue weighted by molar-refractivity contribution is 7.99. The number of pyridine rings is 8. The molecular formula is C73H80F4N16O11S. The van der Waals surface area contributed by atoms with Gasteiger partial charge in [0.15, 0.2) is 23.1 Å². The topological polar surface area (TPSA) is 309 Å². The molecule has 0 amide bonds. The van der Waals surface area contributed by atoms with E-state index in [1.54, 1.807) is 48.1 Å². The fourth-order valence-electron chi connectivity index (χ4n) is 16.4. The number of ether oxygens (including phenoxy) is 5. The van der Waals surface area contributed by atoms with Gasteiger partial charge in [0.2, 0.25) is 0 Å². The fraction of sp³-hybridized carbons (Fsp3) is 0.479. The van der Waals surface area contributed by atoms with Gasteiger partial charge >= 0.3 is 0 Å². The Morgan fingerprint density at radius 3 is 1.59 bits per heavy atom. The number of methoxy groups -OCH3 is 1. The number of nitrogens with one attached hydrogen (secondary N) is 3. The lowest BCUT2D eigenvalue weighted by atomic mass is 9.93. The minimum absolute atomic E-state index is 0.0279. The van der Waals surface area contributed by atoms with Gasteiger partial charge in [0.1, 0.15) is 53.2 Å². The molecule has 105 heavy (non-hydrogen) atoms. The summed E-state index contributed by atoms with van der Waals surface area (Å²) in [7, 11) is 1.56. The van der Waals surface area contributed by atoms with E-state index >= 15 is 0 Å². The van der Waals surface area contributed by atoms with Crippen LogP contribution >= 0.6 is 11.8 Å². The third-order valence-corrected chi connectivity index (χ3v) is 22.5. The molecule has 27 nitrogen and oxygen atoms in total. The van der Waals surface area contributed by atoms with Gasteiger partial charge in [0, 0.05) is 87.4 Å². The minimum atomic E-state index is -1.63. The summed E-state index contributed by atoms with van der Waals surface area (Å²) >= 11 is 1.78. The SMILES string of the molecule is COc1cnc2ccc(=O)n3c2c1[C@](O)(CN1CCC(NCc2cc4c(nn2)OCCO4)CC1)C3.O=c1c(F)cc2ncc(F)c3c2n1C[C@@]3(O)CN1CCC(NCc2cc3c(cn2)OCCC3)CC1.O=c1c(F)cc2ncc(F)c3c2n1C[C@@]3(O)CN1CCC(NCc2cc3c(cn2)OCCS3)CC1. The largest absolute Gasteiger partial charge is 0.495 e. The van der Waals surface area contributed by atoms with Crippen LogP contribution in [0, 0.1) is 23.3 Å². The first-order valence-electron chi connectivity index (χ1n) is 35.7. The summed E-state index contributed by atoms with van der Waals surface area (Å²) in [5.41, 5.74) is 0.372. The number of aromatic nitrogens is 10. The van der Waals surface area contributed by atoms with Crippen molar-refractivity contribution in [2.45, 2.75) is 130 Å². The van der Waals surface area contributed by atoms with Crippen molar-refractivity contribution in [3.63, 3.8) is 0 Å². The highest BCUT2D eigenvalue weighted by atomic mass is 32.2. The molecule has 0 bridgehead atoms. The van der Waals surface area contributed by atoms with E-state index < -0.39 is 51.2 Å². The summed E-state index contributed by atoms with van der Waals surface area (Å²) in [4.78, 5) is 66.0. The molecule has 6 N–H and O–H groups in total. The molecule has 18 heterocycles. The van der Waals surface area contributed by atoms with E-state index in [0.29, 0.717) is 124 Å². The number of aliphatic hydroxyl groups is 3. The molecule has 0 radical (unpaired) electrons. The molecule has 9 aliphatic heterocycles. The van der Waals surface area contributed by atoms with Gasteiger partial charge in [-0.2, -0.15) is 5.10 Å². The quantitative estimate of drug-likeness (QED) is 0.0736. The lowest BCUT2D eigenvalue weighted by Crippen LogP contribution is -2.48. The number of hydrogen-bond donors (Lipinski definition) is 6. The number of rotatable bonds is 16. The molecule has 32 heteroatoms. The second kappa shape index (κ2) is 29.1. The van der Waals surface area contributed by atoms with Crippen LogP contribution in [0.5, 0.6) is 28.9 Å². The summed E-state index contributed by atoms with van der Waals surface area (Å²) in [5, 5.41) is 53.7. The van der Waals surface area contributed by atoms with E-state index in [9.17, 15) is 47.3 Å². The smallest absolute Gasteiger partial charge is 0.287 e. The Labute approximate surface area is 602 Å². The average molecular weight is 1470 g/mol. The van der Waals surface area contributed by atoms with Gasteiger partial charge < -0.3 is 68.7 Å². The standard InChI is InChI=1S/C25H27F2N5O3.C24H25F2N5O3S.C24H28N6O5/c26-18-9-20-23-22(19(27)11-30-20)25(34,14-32(23)24(18)33)13-31-5-3-16(4-6-31)28-10-17-8-15-2-1-7-35-21(15)12-29-17;25-16-8-18-22-21(17(26)10-29-18)24(33,13-31(22)23(16)32)12-30-3-1-14(2-4-30)27-9-15-7-20-19(11-28-15)34-5-6-35-20;1-33-19-12-26-17-2-3-20(31)30-14-24(32,21(19)22(17)30)13-29-6-4-15(5-7-29)25-11-16-10-18-23(28-27-16)35-9-8-34-18/h8-9,11-12,16,28,34H,1-7,10,13-14H2;7-8,10-11,14,27,33H,1-6,9,12-13H2;2-3,10,12,15,25,32H,4-9,11,13-14H2,1H3/t25-;2*24-/m000/s1. The van der Waals surface area contributed by atoms with Crippen molar-refractivity contribution in [3.05, 3.63) is 167 Å². The van der Waals surface area contributed by atoms with E-state index in [1.807, 2.05) is 6.07 Å². The summed E-state index contributed by atoms with van der Waals surface area (Å²) in [5.74, 6) is 0.983. The van der Waals surface area contributed by atoms with E-state index in [4.69, 9.17) is 23.7 Å². The van der Waals surface area contributed by atoms with Gasteiger partial charge in [-0.3, -0.25) is 54.0 Å². The molecule has 3 fully saturated rings. The Kier molecular flexibility index (Phi) is 19.6. The molecular weight excluding hydrogens is 1380 g/mol. The normalized spacial score (nSPS) is 22.2. The van der Waals surface area contributed by atoms with E-state index in [-0.39, 0.29) is 71.5 Å². The molecule has 0 unspecified atom stereocenters. The van der Waals surface area contributed by atoms with Gasteiger partial charge in [-0.05, 0) is 114 Å². The van der Waals surface area contributed by atoms with Crippen LogP contribution in [-0.4, -0.2) is 195 Å². The first kappa shape index (κ1) is 70.5. The second-order valence-corrected chi connectivity index (χ2v) is 29.7. The number of thioether (sulfide) groups is 1. The number of hydrogen-bond acceptors (Lipinski definition) is 25. The van der Waals surface area contributed by atoms with Crippen molar-refractivity contribution >= 4 is 44.9 Å². The highest BCUT2D eigenvalue weighted by Crippen LogP contribution is 2.44. The van der Waals surface area contributed by atoms with Crippen LogP contribution in [0.1, 0.15) is 84.3 Å². The van der Waals surface area contributed by atoms with Gasteiger partial charge in [-0.15, -0.1) is 16.9 Å². The number of aryl methyl sites for hydroxylation is 1. The molecule has 9 aromatic rings. The Morgan fingerprint density at radius 1 is 0.514 bits per heavy atom. The number of nitrogens with zero attached hydrogens (tertiary/aromatic N) is 13. The lowest BCUT2D eigenvalue weighted by molar-refractivity contribution is -0.0164. The molecule has 552 valence electrons. The maximum absolute atomic E-state index is 14.8. The molecule has 0 aliphatic carbocycles. The predicted octanol–water partition coefficient (Wildman–Crippen LogP) is 4.28. The van der Waals surface area contributed by atoms with Crippen LogP contribution in [0.25, 0.3) is 33.1 Å². The first-order chi connectivity index (χ1) is 50.9. The molecule has 18 rings (SSSR count). The van der Waals surface area contributed by atoms with Crippen LogP contribution in [0.3, 0.4) is 0 Å². The number of fused-ring (bicyclic) bond motifs is 3. The summed E-state index contributed by atoms with van der Waals surface area (Å²) in [6.07, 6.45) is 14.5. The third kappa shape index (κ3) is 14.1. The van der Waals surface area contributed by atoms with Gasteiger partial charge in [-0.1, -0.05) is 0 Å². The van der Waals surface area contributed by atoms with Crippen LogP contribution in [0.4, 0.5) is 17.6 Å². The van der Waals surface area contributed by atoms with Crippen molar-refractivity contribution in [2.75, 3.05) is 98.2 Å². The number of β-amino-alcohol motifs (C(OH)–C–C–N with tert-alkyl or cyclic N) is 3. The third-order valence-electron chi connectivity index (χ3n) is 21.5. The van der Waals surface area contributed by atoms with Crippen molar-refractivity contribution in [3.8, 4) is 28.9 Å². The van der Waals surface area contributed by atoms with E-state index in [2.05, 4.69) is 77.9 Å². The molecule has 3 saturated heterocycles. The zero-order valence-corrected chi connectivity index (χ0v) is 58.6.